The molecule has 0 saturated carbocycles. The Hall–Kier alpha value is -1.83. The van der Waals surface area contributed by atoms with Gasteiger partial charge < -0.3 is 0 Å². The first kappa shape index (κ1) is 16.5. The molecule has 5 nitrogen and oxygen atoms in total. The van der Waals surface area contributed by atoms with Crippen LogP contribution in [0.2, 0.25) is 5.15 Å². The molecular formula is C13H13ClF3N3O2. The fraction of sp³-hybridized carbons (Fsp3) is 0.462. The normalized spacial score (nSPS) is 22.4. The van der Waals surface area contributed by atoms with Crippen molar-refractivity contribution in [2.75, 3.05) is 12.1 Å². The Morgan fingerprint density at radius 3 is 2.09 bits per heavy atom. The number of hydrogen-bond donors (Lipinski definition) is 0. The second-order valence-electron chi connectivity index (χ2n) is 5.09. The predicted octanol–water partition coefficient (Wildman–Crippen LogP) is 2.75. The molecular weight excluding hydrogens is 323 g/mol. The molecule has 2 amide bonds. The Kier molecular flexibility index (Phi) is 4.08. The lowest BCUT2D eigenvalue weighted by Crippen LogP contribution is -2.45. The highest BCUT2D eigenvalue weighted by Crippen LogP contribution is 2.35. The monoisotopic (exact) mass is 335 g/mol. The second kappa shape index (κ2) is 5.42. The van der Waals surface area contributed by atoms with Crippen LogP contribution in [0.3, 0.4) is 0 Å². The number of aromatic nitrogens is 1. The van der Waals surface area contributed by atoms with E-state index in [1.54, 1.807) is 13.8 Å². The van der Waals surface area contributed by atoms with Gasteiger partial charge in [0.2, 0.25) is 0 Å². The number of alkyl halides is 3. The number of carbonyl (C=O) groups excluding carboxylic acids is 2. The smallest absolute Gasteiger partial charge is 0.272 e. The van der Waals surface area contributed by atoms with E-state index in [1.165, 1.54) is 7.05 Å². The van der Waals surface area contributed by atoms with Gasteiger partial charge in [0, 0.05) is 18.9 Å². The Balaban J connectivity index is 2.35. The minimum absolute atomic E-state index is 0.0269. The Bertz CT molecular complexity index is 615. The molecule has 1 aromatic heterocycles. The minimum Gasteiger partial charge on any atom is -0.272 e. The summed E-state index contributed by atoms with van der Waals surface area (Å²) in [6, 6.07) is 1.82. The molecule has 0 aliphatic carbocycles. The Morgan fingerprint density at radius 1 is 1.18 bits per heavy atom. The van der Waals surface area contributed by atoms with Crippen molar-refractivity contribution < 1.29 is 22.8 Å². The van der Waals surface area contributed by atoms with Crippen molar-refractivity contribution in [1.29, 1.82) is 0 Å². The number of rotatable bonds is 2. The molecule has 120 valence electrons. The molecule has 1 aliphatic rings. The standard InChI is InChI=1S/C13H13ClF3N3O2/c1-6-7(2)12(22)20(11(6)21)19(3)9-5-4-8(10(14)18-9)13(15,16)17/h4-7H,1-3H3. The summed E-state index contributed by atoms with van der Waals surface area (Å²) in [4.78, 5) is 27.8. The SMILES string of the molecule is CC1C(=O)N(N(C)c2ccc(C(F)(F)F)c(Cl)n2)C(=O)C1C. The van der Waals surface area contributed by atoms with Crippen molar-refractivity contribution in [3.63, 3.8) is 0 Å². The van der Waals surface area contributed by atoms with Crippen molar-refractivity contribution >= 4 is 29.2 Å². The number of anilines is 1. The van der Waals surface area contributed by atoms with Crippen LogP contribution in [0.1, 0.15) is 19.4 Å². The van der Waals surface area contributed by atoms with Crippen molar-refractivity contribution in [2.24, 2.45) is 11.8 Å². The molecule has 0 aromatic carbocycles. The van der Waals surface area contributed by atoms with E-state index in [-0.39, 0.29) is 5.82 Å². The van der Waals surface area contributed by atoms with E-state index in [9.17, 15) is 22.8 Å². The molecule has 0 spiro atoms. The van der Waals surface area contributed by atoms with Gasteiger partial charge in [-0.2, -0.15) is 18.2 Å². The molecule has 0 bridgehead atoms. The van der Waals surface area contributed by atoms with Gasteiger partial charge in [-0.05, 0) is 12.1 Å². The number of hydrazine groups is 1. The van der Waals surface area contributed by atoms with Gasteiger partial charge in [-0.1, -0.05) is 25.4 Å². The molecule has 2 heterocycles. The lowest BCUT2D eigenvalue weighted by Gasteiger charge is -2.27. The number of amides is 2. The summed E-state index contributed by atoms with van der Waals surface area (Å²) in [6.45, 7) is 3.23. The molecule has 0 radical (unpaired) electrons. The van der Waals surface area contributed by atoms with Gasteiger partial charge in [0.15, 0.2) is 0 Å². The zero-order chi connectivity index (χ0) is 16.8. The zero-order valence-corrected chi connectivity index (χ0v) is 12.7. The zero-order valence-electron chi connectivity index (χ0n) is 12.0. The first-order chi connectivity index (χ1) is 10.1. The molecule has 1 aliphatic heterocycles. The summed E-state index contributed by atoms with van der Waals surface area (Å²) in [5.74, 6) is -1.89. The highest BCUT2D eigenvalue weighted by molar-refractivity contribution is 6.30. The van der Waals surface area contributed by atoms with Crippen LogP contribution in [0.4, 0.5) is 19.0 Å². The maximum atomic E-state index is 12.7. The molecule has 1 saturated heterocycles. The molecule has 2 unspecified atom stereocenters. The van der Waals surface area contributed by atoms with Crippen molar-refractivity contribution in [3.05, 3.63) is 22.8 Å². The number of carbonyl (C=O) groups is 2. The van der Waals surface area contributed by atoms with Crippen molar-refractivity contribution in [3.8, 4) is 0 Å². The average molecular weight is 336 g/mol. The van der Waals surface area contributed by atoms with Crippen LogP contribution in [0, 0.1) is 11.8 Å². The fourth-order valence-corrected chi connectivity index (χ4v) is 2.39. The van der Waals surface area contributed by atoms with Crippen molar-refractivity contribution in [2.45, 2.75) is 20.0 Å². The van der Waals surface area contributed by atoms with E-state index in [0.29, 0.717) is 0 Å². The van der Waals surface area contributed by atoms with Gasteiger partial charge in [0.25, 0.3) is 11.8 Å². The van der Waals surface area contributed by atoms with Gasteiger partial charge >= 0.3 is 6.18 Å². The lowest BCUT2D eigenvalue weighted by molar-refractivity contribution is -0.141. The molecule has 2 rings (SSSR count). The number of hydrogen-bond acceptors (Lipinski definition) is 4. The first-order valence-corrected chi connectivity index (χ1v) is 6.78. The third-order valence-corrected chi connectivity index (χ3v) is 4.01. The van der Waals surface area contributed by atoms with E-state index in [4.69, 9.17) is 11.6 Å². The maximum Gasteiger partial charge on any atom is 0.419 e. The molecule has 1 aromatic rings. The van der Waals surface area contributed by atoms with Gasteiger partial charge in [-0.25, -0.2) is 4.98 Å². The highest BCUT2D eigenvalue weighted by Gasteiger charge is 2.45. The van der Waals surface area contributed by atoms with Crippen molar-refractivity contribution in [1.82, 2.24) is 9.99 Å². The number of halogens is 4. The predicted molar refractivity (Wildman–Crippen MR) is 72.8 cm³/mol. The van der Waals surface area contributed by atoms with Gasteiger partial charge in [-0.15, -0.1) is 0 Å². The molecule has 1 fully saturated rings. The molecule has 22 heavy (non-hydrogen) atoms. The Morgan fingerprint density at radius 2 is 1.68 bits per heavy atom. The number of nitrogens with zero attached hydrogens (tertiary/aromatic N) is 3. The third kappa shape index (κ3) is 2.63. The molecule has 9 heteroatoms. The van der Waals surface area contributed by atoms with Gasteiger partial charge in [0.1, 0.15) is 11.0 Å². The van der Waals surface area contributed by atoms with Crippen LogP contribution in [0.5, 0.6) is 0 Å². The lowest BCUT2D eigenvalue weighted by atomic mass is 10.00. The molecule has 2 atom stereocenters. The number of imide groups is 1. The summed E-state index contributed by atoms with van der Waals surface area (Å²) in [7, 11) is 1.37. The fourth-order valence-electron chi connectivity index (χ4n) is 2.14. The highest BCUT2D eigenvalue weighted by atomic mass is 35.5. The van der Waals surface area contributed by atoms with E-state index in [2.05, 4.69) is 4.98 Å². The summed E-state index contributed by atoms with van der Waals surface area (Å²) in [6.07, 6.45) is -4.62. The van der Waals surface area contributed by atoms with Crippen LogP contribution in [0.25, 0.3) is 0 Å². The van der Waals surface area contributed by atoms with E-state index >= 15 is 0 Å². The van der Waals surface area contributed by atoms with Gasteiger partial charge in [-0.3, -0.25) is 14.6 Å². The van der Waals surface area contributed by atoms with Crippen LogP contribution in [-0.4, -0.2) is 28.9 Å². The van der Waals surface area contributed by atoms with Crippen LogP contribution in [-0.2, 0) is 15.8 Å². The summed E-state index contributed by atoms with van der Waals surface area (Å²) < 4.78 is 38.0. The van der Waals surface area contributed by atoms with Gasteiger partial charge in [0.05, 0.1) is 5.56 Å². The largest absolute Gasteiger partial charge is 0.419 e. The molecule has 0 N–H and O–H groups in total. The summed E-state index contributed by atoms with van der Waals surface area (Å²) in [5.41, 5.74) is -1.08. The number of pyridine rings is 1. The topological polar surface area (TPSA) is 53.5 Å². The van der Waals surface area contributed by atoms with Crippen LogP contribution >= 0.6 is 11.6 Å². The Labute approximate surface area is 129 Å². The summed E-state index contributed by atoms with van der Waals surface area (Å²) >= 11 is 5.55. The van der Waals surface area contributed by atoms with Crippen LogP contribution in [0.15, 0.2) is 12.1 Å². The maximum absolute atomic E-state index is 12.7. The quantitative estimate of drug-likeness (QED) is 0.616. The average Bonchev–Trinajstić information content (AvgIpc) is 2.61. The second-order valence-corrected chi connectivity index (χ2v) is 5.45. The first-order valence-electron chi connectivity index (χ1n) is 6.41. The van der Waals surface area contributed by atoms with Crippen LogP contribution < -0.4 is 5.01 Å². The van der Waals surface area contributed by atoms with E-state index < -0.39 is 40.5 Å². The minimum atomic E-state index is -4.62. The van der Waals surface area contributed by atoms with E-state index in [0.717, 1.165) is 22.2 Å². The summed E-state index contributed by atoms with van der Waals surface area (Å²) in [5, 5.41) is 1.25. The van der Waals surface area contributed by atoms with E-state index in [1.807, 2.05) is 0 Å². The third-order valence-electron chi connectivity index (χ3n) is 3.72.